The van der Waals surface area contributed by atoms with Gasteiger partial charge in [0.25, 0.3) is 5.91 Å². The van der Waals surface area contributed by atoms with Gasteiger partial charge in [0.15, 0.2) is 0 Å². The molecule has 4 N–H and O–H groups in total. The Morgan fingerprint density at radius 2 is 1.32 bits per heavy atom. The highest BCUT2D eigenvalue weighted by Gasteiger charge is 2.30. The van der Waals surface area contributed by atoms with Crippen LogP contribution < -0.4 is 5.32 Å². The molecule has 0 fully saturated rings. The molecule has 0 saturated carbocycles. The van der Waals surface area contributed by atoms with E-state index in [1.165, 1.54) is 0 Å². The molecule has 0 bridgehead atoms. The molecule has 0 aromatic heterocycles. The number of amides is 1. The standard InChI is InChI=1S/C17H19NO4/c19-10-17(11-20,12-21)18-16(22)15-8-6-14(7-9-15)13-4-2-1-3-5-13/h1-9,19-21H,10-12H2,(H,18,22). The number of carbonyl (C=O) groups is 1. The molecule has 0 aliphatic heterocycles. The van der Waals surface area contributed by atoms with Crippen molar-refractivity contribution in [1.82, 2.24) is 5.32 Å². The van der Waals surface area contributed by atoms with Crippen molar-refractivity contribution >= 4 is 5.91 Å². The van der Waals surface area contributed by atoms with E-state index in [2.05, 4.69) is 5.32 Å². The van der Waals surface area contributed by atoms with Crippen LogP contribution in [0.25, 0.3) is 11.1 Å². The summed E-state index contributed by atoms with van der Waals surface area (Å²) < 4.78 is 0. The molecular formula is C17H19NO4. The van der Waals surface area contributed by atoms with Gasteiger partial charge in [-0.3, -0.25) is 4.79 Å². The maximum Gasteiger partial charge on any atom is 0.251 e. The molecule has 0 spiro atoms. The number of hydrogen-bond acceptors (Lipinski definition) is 4. The van der Waals surface area contributed by atoms with Crippen LogP contribution in [0, 0.1) is 0 Å². The lowest BCUT2D eigenvalue weighted by molar-refractivity contribution is 0.0375. The summed E-state index contributed by atoms with van der Waals surface area (Å²) in [4.78, 5) is 12.1. The lowest BCUT2D eigenvalue weighted by Gasteiger charge is -2.28. The first-order chi connectivity index (χ1) is 10.6. The second-order valence-electron chi connectivity index (χ2n) is 5.15. The maximum absolute atomic E-state index is 12.1. The van der Waals surface area contributed by atoms with Gasteiger partial charge in [-0.05, 0) is 23.3 Å². The first kappa shape index (κ1) is 16.2. The highest BCUT2D eigenvalue weighted by molar-refractivity contribution is 5.95. The average Bonchev–Trinajstić information content (AvgIpc) is 2.60. The van der Waals surface area contributed by atoms with Gasteiger partial charge in [0.1, 0.15) is 5.54 Å². The molecule has 2 aromatic carbocycles. The van der Waals surface area contributed by atoms with Crippen LogP contribution in [-0.4, -0.2) is 46.6 Å². The van der Waals surface area contributed by atoms with E-state index in [0.29, 0.717) is 5.56 Å². The van der Waals surface area contributed by atoms with E-state index in [1.807, 2.05) is 42.5 Å². The lowest BCUT2D eigenvalue weighted by atomic mass is 10.0. The van der Waals surface area contributed by atoms with Crippen LogP contribution >= 0.6 is 0 Å². The van der Waals surface area contributed by atoms with Crippen molar-refractivity contribution in [2.24, 2.45) is 0 Å². The molecule has 2 aromatic rings. The molecule has 116 valence electrons. The van der Waals surface area contributed by atoms with Gasteiger partial charge in [0.2, 0.25) is 0 Å². The fourth-order valence-electron chi connectivity index (χ4n) is 2.03. The van der Waals surface area contributed by atoms with Crippen LogP contribution in [0.4, 0.5) is 0 Å². The maximum atomic E-state index is 12.1. The predicted molar refractivity (Wildman–Crippen MR) is 83.3 cm³/mol. The summed E-state index contributed by atoms with van der Waals surface area (Å²) in [5.74, 6) is -0.461. The van der Waals surface area contributed by atoms with Crippen LogP contribution in [0.3, 0.4) is 0 Å². The van der Waals surface area contributed by atoms with Crippen molar-refractivity contribution in [1.29, 1.82) is 0 Å². The second-order valence-corrected chi connectivity index (χ2v) is 5.15. The summed E-state index contributed by atoms with van der Waals surface area (Å²) in [6, 6.07) is 16.7. The number of benzene rings is 2. The van der Waals surface area contributed by atoms with Crippen molar-refractivity contribution in [2.45, 2.75) is 5.54 Å². The number of rotatable bonds is 6. The Labute approximate surface area is 128 Å². The molecule has 2 rings (SSSR count). The number of hydrogen-bond donors (Lipinski definition) is 4. The third-order valence-corrected chi connectivity index (χ3v) is 3.54. The Balaban J connectivity index is 2.15. The van der Waals surface area contributed by atoms with Gasteiger partial charge in [-0.15, -0.1) is 0 Å². The molecule has 5 nitrogen and oxygen atoms in total. The van der Waals surface area contributed by atoms with Crippen LogP contribution in [0.1, 0.15) is 10.4 Å². The molecule has 0 aliphatic rings. The Bertz CT molecular complexity index is 598. The van der Waals surface area contributed by atoms with Crippen molar-refractivity contribution in [3.63, 3.8) is 0 Å². The SMILES string of the molecule is O=C(NC(CO)(CO)CO)c1ccc(-c2ccccc2)cc1. The van der Waals surface area contributed by atoms with Gasteiger partial charge < -0.3 is 20.6 Å². The number of carbonyl (C=O) groups excluding carboxylic acids is 1. The third-order valence-electron chi connectivity index (χ3n) is 3.54. The zero-order valence-electron chi connectivity index (χ0n) is 12.1. The van der Waals surface area contributed by atoms with E-state index in [9.17, 15) is 20.1 Å². The molecule has 0 atom stereocenters. The molecule has 0 aliphatic carbocycles. The monoisotopic (exact) mass is 301 g/mol. The van der Waals surface area contributed by atoms with Gasteiger partial charge in [0, 0.05) is 5.56 Å². The van der Waals surface area contributed by atoms with Crippen molar-refractivity contribution in [3.8, 4) is 11.1 Å². The number of nitrogens with one attached hydrogen (secondary N) is 1. The first-order valence-corrected chi connectivity index (χ1v) is 6.95. The van der Waals surface area contributed by atoms with Gasteiger partial charge in [-0.1, -0.05) is 42.5 Å². The summed E-state index contributed by atoms with van der Waals surface area (Å²) in [7, 11) is 0. The Morgan fingerprint density at radius 3 is 1.82 bits per heavy atom. The van der Waals surface area contributed by atoms with E-state index < -0.39 is 31.3 Å². The topological polar surface area (TPSA) is 89.8 Å². The van der Waals surface area contributed by atoms with Gasteiger partial charge >= 0.3 is 0 Å². The minimum absolute atomic E-state index is 0.388. The fraction of sp³-hybridized carbons (Fsp3) is 0.235. The van der Waals surface area contributed by atoms with Crippen LogP contribution in [0.15, 0.2) is 54.6 Å². The largest absolute Gasteiger partial charge is 0.394 e. The van der Waals surface area contributed by atoms with E-state index >= 15 is 0 Å². The number of aliphatic hydroxyl groups excluding tert-OH is 3. The summed E-state index contributed by atoms with van der Waals surface area (Å²) in [5, 5.41) is 30.2. The zero-order valence-corrected chi connectivity index (χ0v) is 12.1. The first-order valence-electron chi connectivity index (χ1n) is 6.95. The van der Waals surface area contributed by atoms with Gasteiger partial charge in [0.05, 0.1) is 19.8 Å². The summed E-state index contributed by atoms with van der Waals surface area (Å²) in [5.41, 5.74) is 0.994. The van der Waals surface area contributed by atoms with Crippen LogP contribution in [0.5, 0.6) is 0 Å². The zero-order chi connectivity index (χ0) is 16.0. The molecule has 0 radical (unpaired) electrons. The minimum atomic E-state index is -1.42. The van der Waals surface area contributed by atoms with Crippen LogP contribution in [-0.2, 0) is 0 Å². The van der Waals surface area contributed by atoms with E-state index in [0.717, 1.165) is 11.1 Å². The molecular weight excluding hydrogens is 282 g/mol. The van der Waals surface area contributed by atoms with Crippen molar-refractivity contribution in [2.75, 3.05) is 19.8 Å². The van der Waals surface area contributed by atoms with Gasteiger partial charge in [-0.25, -0.2) is 0 Å². The average molecular weight is 301 g/mol. The molecule has 22 heavy (non-hydrogen) atoms. The number of aliphatic hydroxyl groups is 3. The molecule has 1 amide bonds. The van der Waals surface area contributed by atoms with Crippen molar-refractivity contribution < 1.29 is 20.1 Å². The quantitative estimate of drug-likeness (QED) is 0.635. The Morgan fingerprint density at radius 1 is 0.818 bits per heavy atom. The van der Waals surface area contributed by atoms with Crippen molar-refractivity contribution in [3.05, 3.63) is 60.2 Å². The van der Waals surface area contributed by atoms with E-state index in [1.54, 1.807) is 12.1 Å². The fourth-order valence-corrected chi connectivity index (χ4v) is 2.03. The summed E-state index contributed by atoms with van der Waals surface area (Å²) >= 11 is 0. The molecule has 0 saturated heterocycles. The smallest absolute Gasteiger partial charge is 0.251 e. The highest BCUT2D eigenvalue weighted by atomic mass is 16.3. The summed E-state index contributed by atoms with van der Waals surface area (Å²) in [6.45, 7) is -1.64. The summed E-state index contributed by atoms with van der Waals surface area (Å²) in [6.07, 6.45) is 0. The molecule has 5 heteroatoms. The second kappa shape index (κ2) is 7.17. The van der Waals surface area contributed by atoms with E-state index in [-0.39, 0.29) is 0 Å². The minimum Gasteiger partial charge on any atom is -0.394 e. The van der Waals surface area contributed by atoms with Crippen LogP contribution in [0.2, 0.25) is 0 Å². The van der Waals surface area contributed by atoms with E-state index in [4.69, 9.17) is 0 Å². The normalized spacial score (nSPS) is 11.2. The predicted octanol–water partition coefficient (Wildman–Crippen LogP) is 0.799. The molecule has 0 unspecified atom stereocenters. The third kappa shape index (κ3) is 3.51. The Kier molecular flexibility index (Phi) is 5.27. The molecule has 0 heterocycles. The highest BCUT2D eigenvalue weighted by Crippen LogP contribution is 2.19. The van der Waals surface area contributed by atoms with Gasteiger partial charge in [-0.2, -0.15) is 0 Å². The Hall–Kier alpha value is -2.21. The lowest BCUT2D eigenvalue weighted by Crippen LogP contribution is -2.57.